The summed E-state index contributed by atoms with van der Waals surface area (Å²) in [6, 6.07) is 0. The number of carbonyl (C=O) groups is 4. The van der Waals surface area contributed by atoms with E-state index in [0.717, 1.165) is 44.9 Å². The van der Waals surface area contributed by atoms with Crippen molar-refractivity contribution in [3.8, 4) is 0 Å². The van der Waals surface area contributed by atoms with E-state index in [1.807, 2.05) is 6.08 Å². The standard InChI is InChI=1S/C24H38O10/c1-6-7-8-9-10-11-12-13-14-29-24-23(33-19(5)28)22(32-18(4)27)21(31-17(3)26)20(34-24)15-30-16(2)25/h6,20-24H,1,7-15H2,2-5H3/t20-,21-,22+,23+,24+/m1/s1. The molecule has 1 heterocycles. The van der Waals surface area contributed by atoms with Crippen molar-refractivity contribution >= 4 is 23.9 Å². The number of ether oxygens (including phenoxy) is 6. The van der Waals surface area contributed by atoms with Gasteiger partial charge in [-0.15, -0.1) is 6.58 Å². The molecule has 0 aromatic carbocycles. The minimum absolute atomic E-state index is 0.275. The molecule has 0 saturated carbocycles. The largest absolute Gasteiger partial charge is 0.463 e. The predicted molar refractivity (Wildman–Crippen MR) is 120 cm³/mol. The van der Waals surface area contributed by atoms with Crippen molar-refractivity contribution in [2.75, 3.05) is 13.2 Å². The lowest BCUT2D eigenvalue weighted by Crippen LogP contribution is -2.63. The quantitative estimate of drug-likeness (QED) is 0.148. The highest BCUT2D eigenvalue weighted by atomic mass is 16.7. The van der Waals surface area contributed by atoms with E-state index >= 15 is 0 Å². The number of allylic oxidation sites excluding steroid dienone is 1. The summed E-state index contributed by atoms with van der Waals surface area (Å²) in [5.41, 5.74) is 0. The molecular weight excluding hydrogens is 448 g/mol. The van der Waals surface area contributed by atoms with Crippen molar-refractivity contribution < 1.29 is 47.6 Å². The second-order valence-corrected chi connectivity index (χ2v) is 8.14. The van der Waals surface area contributed by atoms with E-state index in [1.165, 1.54) is 27.7 Å². The fourth-order valence-electron chi connectivity index (χ4n) is 3.62. The first-order chi connectivity index (χ1) is 16.1. The highest BCUT2D eigenvalue weighted by Crippen LogP contribution is 2.30. The second-order valence-electron chi connectivity index (χ2n) is 8.14. The van der Waals surface area contributed by atoms with E-state index in [-0.39, 0.29) is 6.61 Å². The summed E-state index contributed by atoms with van der Waals surface area (Å²) in [6.45, 7) is 8.52. The Morgan fingerprint density at radius 1 is 0.735 bits per heavy atom. The van der Waals surface area contributed by atoms with Crippen LogP contribution >= 0.6 is 0 Å². The number of esters is 4. The summed E-state index contributed by atoms with van der Waals surface area (Å²) < 4.78 is 32.9. The molecule has 34 heavy (non-hydrogen) atoms. The predicted octanol–water partition coefficient (Wildman–Crippen LogP) is 3.00. The van der Waals surface area contributed by atoms with Crippen LogP contribution in [0.1, 0.15) is 72.6 Å². The molecule has 1 fully saturated rings. The Balaban J connectivity index is 2.90. The number of carbonyl (C=O) groups excluding carboxylic acids is 4. The van der Waals surface area contributed by atoms with Crippen molar-refractivity contribution in [2.24, 2.45) is 0 Å². The molecule has 0 radical (unpaired) electrons. The lowest BCUT2D eigenvalue weighted by atomic mass is 9.98. The molecule has 10 nitrogen and oxygen atoms in total. The SMILES string of the molecule is C=CCCCCCCCCO[C@H]1O[C@H](COC(C)=O)[C@@H](OC(C)=O)[C@H](OC(C)=O)[C@@H]1OC(C)=O. The summed E-state index contributed by atoms with van der Waals surface area (Å²) in [7, 11) is 0. The molecule has 0 aromatic heterocycles. The molecule has 0 aliphatic carbocycles. The fraction of sp³-hybridized carbons (Fsp3) is 0.750. The van der Waals surface area contributed by atoms with Crippen molar-refractivity contribution in [3.63, 3.8) is 0 Å². The molecule has 194 valence electrons. The zero-order valence-corrected chi connectivity index (χ0v) is 20.6. The number of unbranched alkanes of at least 4 members (excludes halogenated alkanes) is 6. The lowest BCUT2D eigenvalue weighted by Gasteiger charge is -2.44. The summed E-state index contributed by atoms with van der Waals surface area (Å²) in [6.07, 6.45) is 3.38. The first-order valence-electron chi connectivity index (χ1n) is 11.7. The van der Waals surface area contributed by atoms with Gasteiger partial charge in [-0.25, -0.2) is 0 Å². The maximum atomic E-state index is 11.8. The highest BCUT2D eigenvalue weighted by molar-refractivity contribution is 5.68. The van der Waals surface area contributed by atoms with E-state index in [4.69, 9.17) is 28.4 Å². The van der Waals surface area contributed by atoms with Gasteiger partial charge in [0.15, 0.2) is 24.6 Å². The summed E-state index contributed by atoms with van der Waals surface area (Å²) in [4.78, 5) is 46.7. The van der Waals surface area contributed by atoms with Gasteiger partial charge in [0.05, 0.1) is 0 Å². The average Bonchev–Trinajstić information content (AvgIpc) is 2.74. The van der Waals surface area contributed by atoms with Crippen LogP contribution in [0.15, 0.2) is 12.7 Å². The third-order valence-electron chi connectivity index (χ3n) is 5.03. The minimum Gasteiger partial charge on any atom is -0.463 e. The smallest absolute Gasteiger partial charge is 0.303 e. The van der Waals surface area contributed by atoms with E-state index in [2.05, 4.69) is 6.58 Å². The van der Waals surface area contributed by atoms with Crippen LogP contribution in [0.3, 0.4) is 0 Å². The first-order valence-corrected chi connectivity index (χ1v) is 11.7. The molecule has 10 heteroatoms. The van der Waals surface area contributed by atoms with Gasteiger partial charge in [-0.1, -0.05) is 31.8 Å². The molecule has 0 amide bonds. The molecule has 5 atom stereocenters. The number of hydrogen-bond acceptors (Lipinski definition) is 10. The molecular formula is C24H38O10. The molecule has 0 spiro atoms. The summed E-state index contributed by atoms with van der Waals surface area (Å²) >= 11 is 0. The van der Waals surface area contributed by atoms with Gasteiger partial charge in [-0.2, -0.15) is 0 Å². The Morgan fingerprint density at radius 3 is 1.82 bits per heavy atom. The van der Waals surface area contributed by atoms with E-state index in [0.29, 0.717) is 6.61 Å². The van der Waals surface area contributed by atoms with Gasteiger partial charge >= 0.3 is 23.9 Å². The number of hydrogen-bond donors (Lipinski definition) is 0. The van der Waals surface area contributed by atoms with Crippen LogP contribution in [0, 0.1) is 0 Å². The highest BCUT2D eigenvalue weighted by Gasteiger charge is 2.52. The first kappa shape index (κ1) is 29.6. The van der Waals surface area contributed by atoms with Crippen LogP contribution in [-0.2, 0) is 47.6 Å². The van der Waals surface area contributed by atoms with Crippen LogP contribution in [0.25, 0.3) is 0 Å². The van der Waals surface area contributed by atoms with Gasteiger partial charge in [0.25, 0.3) is 0 Å². The lowest BCUT2D eigenvalue weighted by molar-refractivity contribution is -0.308. The second kappa shape index (κ2) is 16.2. The Labute approximate surface area is 201 Å². The molecule has 0 N–H and O–H groups in total. The molecule has 0 unspecified atom stereocenters. The molecule has 1 saturated heterocycles. The van der Waals surface area contributed by atoms with Crippen LogP contribution in [0.4, 0.5) is 0 Å². The van der Waals surface area contributed by atoms with Gasteiger partial charge in [-0.3, -0.25) is 19.2 Å². The Hall–Kier alpha value is -2.46. The molecule has 0 bridgehead atoms. The van der Waals surface area contributed by atoms with Crippen LogP contribution in [-0.4, -0.2) is 67.8 Å². The van der Waals surface area contributed by atoms with E-state index in [9.17, 15) is 19.2 Å². The van der Waals surface area contributed by atoms with Crippen molar-refractivity contribution in [1.29, 1.82) is 0 Å². The fourth-order valence-corrected chi connectivity index (χ4v) is 3.62. The maximum Gasteiger partial charge on any atom is 0.303 e. The third kappa shape index (κ3) is 11.6. The van der Waals surface area contributed by atoms with E-state index < -0.39 is 54.6 Å². The molecule has 1 rings (SSSR count). The average molecular weight is 487 g/mol. The summed E-state index contributed by atoms with van der Waals surface area (Å²) in [5, 5.41) is 0. The minimum atomic E-state index is -1.21. The monoisotopic (exact) mass is 486 g/mol. The van der Waals surface area contributed by atoms with Crippen LogP contribution in [0.5, 0.6) is 0 Å². The zero-order chi connectivity index (χ0) is 25.5. The third-order valence-corrected chi connectivity index (χ3v) is 5.03. The molecule has 1 aliphatic rings. The van der Waals surface area contributed by atoms with Gasteiger partial charge in [0.2, 0.25) is 0 Å². The normalized spacial score (nSPS) is 24.1. The van der Waals surface area contributed by atoms with Gasteiger partial charge in [0.1, 0.15) is 12.7 Å². The molecule has 1 aliphatic heterocycles. The zero-order valence-electron chi connectivity index (χ0n) is 20.6. The topological polar surface area (TPSA) is 124 Å². The van der Waals surface area contributed by atoms with Crippen LogP contribution in [0.2, 0.25) is 0 Å². The van der Waals surface area contributed by atoms with Crippen molar-refractivity contribution in [2.45, 2.75) is 103 Å². The van der Waals surface area contributed by atoms with Crippen molar-refractivity contribution in [1.82, 2.24) is 0 Å². The Bertz CT molecular complexity index is 677. The number of rotatable bonds is 15. The molecule has 0 aromatic rings. The van der Waals surface area contributed by atoms with Gasteiger partial charge in [0, 0.05) is 34.3 Å². The summed E-state index contributed by atoms with van der Waals surface area (Å²) in [5.74, 6) is -2.57. The Morgan fingerprint density at radius 2 is 1.26 bits per heavy atom. The Kier molecular flexibility index (Phi) is 14.1. The van der Waals surface area contributed by atoms with Crippen molar-refractivity contribution in [3.05, 3.63) is 12.7 Å². The maximum absolute atomic E-state index is 11.8. The van der Waals surface area contributed by atoms with E-state index in [1.54, 1.807) is 0 Å². The van der Waals surface area contributed by atoms with Gasteiger partial charge in [-0.05, 0) is 19.3 Å². The van der Waals surface area contributed by atoms with Gasteiger partial charge < -0.3 is 28.4 Å². The van der Waals surface area contributed by atoms with Crippen LogP contribution < -0.4 is 0 Å².